The number of imide groups is 1. The number of hydrogen-bond acceptors (Lipinski definition) is 5. The molecular weight excluding hydrogens is 349 g/mol. The molecule has 2 aromatic carbocycles. The summed E-state index contributed by atoms with van der Waals surface area (Å²) in [4.78, 5) is 26.0. The minimum atomic E-state index is -1.18. The van der Waals surface area contributed by atoms with Crippen molar-refractivity contribution >= 4 is 17.5 Å². The largest absolute Gasteiger partial charge is 0.271 e. The van der Waals surface area contributed by atoms with E-state index in [0.29, 0.717) is 5.56 Å². The van der Waals surface area contributed by atoms with Gasteiger partial charge in [0.05, 0.1) is 12.2 Å². The summed E-state index contributed by atoms with van der Waals surface area (Å²) in [5.41, 5.74) is 0.202. The summed E-state index contributed by atoms with van der Waals surface area (Å²) in [6.45, 7) is -0.0536. The Bertz CT molecular complexity index is 949. The number of carbonyl (C=O) groups is 2. The molecule has 0 unspecified atom stereocenters. The first-order valence-corrected chi connectivity index (χ1v) is 7.71. The van der Waals surface area contributed by atoms with Crippen molar-refractivity contribution in [3.8, 4) is 0 Å². The van der Waals surface area contributed by atoms with E-state index in [1.807, 2.05) is 0 Å². The molecule has 2 amide bonds. The van der Waals surface area contributed by atoms with E-state index < -0.39 is 41.3 Å². The van der Waals surface area contributed by atoms with Gasteiger partial charge in [-0.05, 0) is 18.2 Å². The third kappa shape index (κ3) is 2.43. The van der Waals surface area contributed by atoms with Crippen molar-refractivity contribution in [2.24, 2.45) is 10.3 Å². The van der Waals surface area contributed by atoms with Crippen LogP contribution in [0.4, 0.5) is 18.9 Å². The van der Waals surface area contributed by atoms with E-state index >= 15 is 0 Å². The summed E-state index contributed by atoms with van der Waals surface area (Å²) in [5, 5.41) is 8.83. The van der Waals surface area contributed by atoms with Gasteiger partial charge in [-0.2, -0.15) is 5.11 Å². The van der Waals surface area contributed by atoms with Gasteiger partial charge in [-0.1, -0.05) is 23.4 Å². The van der Waals surface area contributed by atoms with E-state index in [1.165, 1.54) is 23.2 Å². The number of carbonyl (C=O) groups excluding carboxylic acids is 2. The topological polar surface area (TPSA) is 65.3 Å². The number of rotatable bonds is 3. The van der Waals surface area contributed by atoms with Crippen LogP contribution >= 0.6 is 0 Å². The van der Waals surface area contributed by atoms with Crippen molar-refractivity contribution < 1.29 is 22.8 Å². The second-order valence-corrected chi connectivity index (χ2v) is 5.89. The number of halogens is 3. The maximum Gasteiger partial charge on any atom is 0.263 e. The van der Waals surface area contributed by atoms with Crippen LogP contribution in [0.15, 0.2) is 52.8 Å². The second kappa shape index (κ2) is 5.94. The molecule has 0 aromatic heterocycles. The van der Waals surface area contributed by atoms with Gasteiger partial charge < -0.3 is 0 Å². The van der Waals surface area contributed by atoms with Gasteiger partial charge in [-0.15, -0.1) is 0 Å². The first-order valence-electron chi connectivity index (χ1n) is 7.71. The minimum Gasteiger partial charge on any atom is -0.271 e. The third-order valence-electron chi connectivity index (χ3n) is 4.31. The molecule has 0 saturated carbocycles. The summed E-state index contributed by atoms with van der Waals surface area (Å²) < 4.78 is 40.4. The number of nitrogens with zero attached hydrogens (tertiary/aromatic N) is 4. The molecule has 26 heavy (non-hydrogen) atoms. The quantitative estimate of drug-likeness (QED) is 0.791. The number of amides is 2. The predicted molar refractivity (Wildman–Crippen MR) is 83.2 cm³/mol. The maximum atomic E-state index is 13.8. The van der Waals surface area contributed by atoms with Gasteiger partial charge in [-0.3, -0.25) is 14.6 Å². The third-order valence-corrected chi connectivity index (χ3v) is 4.31. The van der Waals surface area contributed by atoms with Gasteiger partial charge in [0.1, 0.15) is 5.82 Å². The molecule has 0 radical (unpaired) electrons. The van der Waals surface area contributed by atoms with Crippen molar-refractivity contribution in [3.63, 3.8) is 0 Å². The standard InChI is InChI=1S/C17H11F3N4O2/c18-11-4-2-1-3-9(11)8-23-15-14(21-22-23)16(25)24(17(15)26)10-5-6-12(19)13(20)7-10/h1-7,14-15H,8H2/t14-,15+/m0/s1. The van der Waals surface area contributed by atoms with Crippen molar-refractivity contribution in [1.29, 1.82) is 0 Å². The second-order valence-electron chi connectivity index (χ2n) is 5.89. The molecule has 0 aliphatic carbocycles. The summed E-state index contributed by atoms with van der Waals surface area (Å²) in [6.07, 6.45) is 0. The molecule has 0 spiro atoms. The minimum absolute atomic E-state index is 0.0536. The van der Waals surface area contributed by atoms with Gasteiger partial charge in [0.15, 0.2) is 23.7 Å². The Balaban J connectivity index is 1.63. The van der Waals surface area contributed by atoms with Gasteiger partial charge >= 0.3 is 0 Å². The molecule has 2 atom stereocenters. The lowest BCUT2D eigenvalue weighted by atomic mass is 10.1. The number of benzene rings is 2. The first kappa shape index (κ1) is 16.2. The molecule has 2 heterocycles. The maximum absolute atomic E-state index is 13.8. The van der Waals surface area contributed by atoms with E-state index in [9.17, 15) is 22.8 Å². The Morgan fingerprint density at radius 1 is 0.923 bits per heavy atom. The van der Waals surface area contributed by atoms with Crippen LogP contribution < -0.4 is 4.90 Å². The highest BCUT2D eigenvalue weighted by molar-refractivity contribution is 6.25. The molecule has 2 aliphatic heterocycles. The van der Waals surface area contributed by atoms with Crippen LogP contribution in [0.5, 0.6) is 0 Å². The van der Waals surface area contributed by atoms with Gasteiger partial charge in [-0.25, -0.2) is 18.1 Å². The van der Waals surface area contributed by atoms with Crippen LogP contribution in [-0.4, -0.2) is 28.9 Å². The van der Waals surface area contributed by atoms with Crippen molar-refractivity contribution in [3.05, 3.63) is 65.5 Å². The molecule has 0 bridgehead atoms. The van der Waals surface area contributed by atoms with E-state index in [0.717, 1.165) is 23.1 Å². The lowest BCUT2D eigenvalue weighted by Crippen LogP contribution is -2.39. The van der Waals surface area contributed by atoms with E-state index in [2.05, 4.69) is 10.3 Å². The SMILES string of the molecule is O=C1[C@H]2N=NN(Cc3ccccc3F)[C@H]2C(=O)N1c1ccc(F)c(F)c1. The fourth-order valence-electron chi connectivity index (χ4n) is 3.03. The summed E-state index contributed by atoms with van der Waals surface area (Å²) in [7, 11) is 0. The molecule has 6 nitrogen and oxygen atoms in total. The van der Waals surface area contributed by atoms with Crippen LogP contribution in [0, 0.1) is 17.5 Å². The molecule has 2 aromatic rings. The van der Waals surface area contributed by atoms with Crippen molar-refractivity contribution in [1.82, 2.24) is 5.01 Å². The fraction of sp³-hybridized carbons (Fsp3) is 0.176. The smallest absolute Gasteiger partial charge is 0.263 e. The van der Waals surface area contributed by atoms with Crippen LogP contribution in [-0.2, 0) is 16.1 Å². The first-order chi connectivity index (χ1) is 12.5. The molecule has 2 aliphatic rings. The molecule has 1 saturated heterocycles. The number of fused-ring (bicyclic) bond motifs is 1. The zero-order valence-corrected chi connectivity index (χ0v) is 13.1. The zero-order valence-electron chi connectivity index (χ0n) is 13.1. The van der Waals surface area contributed by atoms with Gasteiger partial charge in [0, 0.05) is 11.6 Å². The van der Waals surface area contributed by atoms with Crippen LogP contribution in [0.25, 0.3) is 0 Å². The molecule has 9 heteroatoms. The highest BCUT2D eigenvalue weighted by Crippen LogP contribution is 2.33. The number of hydrogen-bond donors (Lipinski definition) is 0. The van der Waals surface area contributed by atoms with Crippen LogP contribution in [0.3, 0.4) is 0 Å². The predicted octanol–water partition coefficient (Wildman–Crippen LogP) is 2.60. The average molecular weight is 360 g/mol. The zero-order chi connectivity index (χ0) is 18.4. The Kier molecular flexibility index (Phi) is 3.71. The Morgan fingerprint density at radius 3 is 2.42 bits per heavy atom. The summed E-state index contributed by atoms with van der Waals surface area (Å²) >= 11 is 0. The Morgan fingerprint density at radius 2 is 1.69 bits per heavy atom. The summed E-state index contributed by atoms with van der Waals surface area (Å²) in [5.74, 6) is -4.10. The molecule has 132 valence electrons. The van der Waals surface area contributed by atoms with Gasteiger partial charge in [0.2, 0.25) is 0 Å². The Labute approximate surface area is 145 Å². The van der Waals surface area contributed by atoms with Crippen LogP contribution in [0.2, 0.25) is 0 Å². The highest BCUT2D eigenvalue weighted by Gasteiger charge is 2.54. The molecule has 0 N–H and O–H groups in total. The molecular formula is C17H11F3N4O2. The fourth-order valence-corrected chi connectivity index (χ4v) is 3.03. The lowest BCUT2D eigenvalue weighted by Gasteiger charge is -2.20. The highest BCUT2D eigenvalue weighted by atomic mass is 19.2. The Hall–Kier alpha value is -3.23. The van der Waals surface area contributed by atoms with Crippen molar-refractivity contribution in [2.45, 2.75) is 18.6 Å². The van der Waals surface area contributed by atoms with Crippen LogP contribution in [0.1, 0.15) is 5.56 Å². The van der Waals surface area contributed by atoms with Crippen molar-refractivity contribution in [2.75, 3.05) is 4.90 Å². The van der Waals surface area contributed by atoms with E-state index in [-0.39, 0.29) is 12.2 Å². The van der Waals surface area contributed by atoms with Gasteiger partial charge in [0.25, 0.3) is 11.8 Å². The molecule has 4 rings (SSSR count). The van der Waals surface area contributed by atoms with E-state index in [4.69, 9.17) is 0 Å². The average Bonchev–Trinajstić information content (AvgIpc) is 3.13. The number of anilines is 1. The normalized spacial score (nSPS) is 21.7. The lowest BCUT2D eigenvalue weighted by molar-refractivity contribution is -0.123. The summed E-state index contributed by atoms with van der Waals surface area (Å²) in [6, 6.07) is 6.57. The van der Waals surface area contributed by atoms with E-state index in [1.54, 1.807) is 6.07 Å². The molecule has 1 fully saturated rings. The monoisotopic (exact) mass is 360 g/mol.